The van der Waals surface area contributed by atoms with Gasteiger partial charge in [0, 0.05) is 12.8 Å². The van der Waals surface area contributed by atoms with E-state index in [1.54, 1.807) is 6.07 Å². The van der Waals surface area contributed by atoms with Crippen LogP contribution in [0.3, 0.4) is 0 Å². The third-order valence-corrected chi connectivity index (χ3v) is 4.04. The number of carbonyl (C=O) groups excluding carboxylic acids is 2. The lowest BCUT2D eigenvalue weighted by Crippen LogP contribution is -2.38. The molecular weight excluding hydrogens is 247 g/mol. The molecule has 0 heterocycles. The third-order valence-electron chi connectivity index (χ3n) is 4.04. The Labute approximate surface area is 111 Å². The summed E-state index contributed by atoms with van der Waals surface area (Å²) >= 11 is 0. The highest BCUT2D eigenvalue weighted by atomic mass is 19.1. The van der Waals surface area contributed by atoms with Crippen molar-refractivity contribution in [3.8, 4) is 5.75 Å². The molecule has 0 amide bonds. The summed E-state index contributed by atoms with van der Waals surface area (Å²) in [6.45, 7) is 1.51. The average molecular weight is 264 g/mol. The Kier molecular flexibility index (Phi) is 3.69. The molecule has 19 heavy (non-hydrogen) atoms. The van der Waals surface area contributed by atoms with Gasteiger partial charge in [0.15, 0.2) is 11.6 Å². The van der Waals surface area contributed by atoms with E-state index in [1.165, 1.54) is 26.2 Å². The van der Waals surface area contributed by atoms with Gasteiger partial charge < -0.3 is 4.74 Å². The van der Waals surface area contributed by atoms with Gasteiger partial charge in [0.05, 0.1) is 12.5 Å². The first-order chi connectivity index (χ1) is 8.99. The highest BCUT2D eigenvalue weighted by molar-refractivity contribution is 5.91. The Balaban J connectivity index is 2.42. The second kappa shape index (κ2) is 5.11. The van der Waals surface area contributed by atoms with E-state index >= 15 is 0 Å². The Bertz CT molecular complexity index is 512. The van der Waals surface area contributed by atoms with Gasteiger partial charge in [-0.25, -0.2) is 4.39 Å². The zero-order valence-electron chi connectivity index (χ0n) is 11.2. The number of hydrogen-bond acceptors (Lipinski definition) is 3. The van der Waals surface area contributed by atoms with Crippen LogP contribution in [0.25, 0.3) is 0 Å². The summed E-state index contributed by atoms with van der Waals surface area (Å²) in [5, 5.41) is 0. The number of methoxy groups -OCH3 is 1. The van der Waals surface area contributed by atoms with E-state index in [9.17, 15) is 14.0 Å². The average Bonchev–Trinajstić information content (AvgIpc) is 2.39. The fourth-order valence-electron chi connectivity index (χ4n) is 2.76. The largest absolute Gasteiger partial charge is 0.494 e. The van der Waals surface area contributed by atoms with E-state index in [-0.39, 0.29) is 17.3 Å². The Hall–Kier alpha value is -1.71. The van der Waals surface area contributed by atoms with Crippen LogP contribution in [0.15, 0.2) is 18.2 Å². The molecule has 3 nitrogen and oxygen atoms in total. The molecule has 1 fully saturated rings. The van der Waals surface area contributed by atoms with Crippen molar-refractivity contribution < 1.29 is 18.7 Å². The second-order valence-corrected chi connectivity index (χ2v) is 5.03. The fraction of sp³-hybridized carbons (Fsp3) is 0.467. The molecule has 0 spiro atoms. The number of ether oxygens (including phenoxy) is 1. The van der Waals surface area contributed by atoms with Crippen molar-refractivity contribution in [2.24, 2.45) is 0 Å². The van der Waals surface area contributed by atoms with Crippen LogP contribution in [0.2, 0.25) is 0 Å². The molecule has 0 aromatic heterocycles. The normalized spacial score (nSPS) is 18.2. The molecule has 2 rings (SSSR count). The summed E-state index contributed by atoms with van der Waals surface area (Å²) < 4.78 is 18.7. The SMILES string of the molecule is COc1ccc(C2(C(C)=O)CCC(=O)CC2)cc1F. The number of Topliss-reactive ketones (excluding diaryl/α,β-unsaturated/α-hetero) is 2. The topological polar surface area (TPSA) is 43.4 Å². The molecular formula is C15H17FO3. The van der Waals surface area contributed by atoms with Gasteiger partial charge >= 0.3 is 0 Å². The van der Waals surface area contributed by atoms with E-state index < -0.39 is 11.2 Å². The molecule has 1 aromatic carbocycles. The van der Waals surface area contributed by atoms with Gasteiger partial charge in [0.2, 0.25) is 0 Å². The first-order valence-electron chi connectivity index (χ1n) is 6.36. The molecule has 1 aliphatic rings. The molecule has 102 valence electrons. The molecule has 0 aliphatic heterocycles. The van der Waals surface area contributed by atoms with Crippen molar-refractivity contribution in [3.63, 3.8) is 0 Å². The van der Waals surface area contributed by atoms with Gasteiger partial charge in [-0.15, -0.1) is 0 Å². The molecule has 1 aromatic rings. The van der Waals surface area contributed by atoms with E-state index in [0.29, 0.717) is 31.2 Å². The molecule has 0 atom stereocenters. The summed E-state index contributed by atoms with van der Waals surface area (Å²) in [6, 6.07) is 4.61. The zero-order valence-corrected chi connectivity index (χ0v) is 11.2. The summed E-state index contributed by atoms with van der Waals surface area (Å²) in [7, 11) is 1.40. The van der Waals surface area contributed by atoms with Crippen molar-refractivity contribution in [1.82, 2.24) is 0 Å². The lowest BCUT2D eigenvalue weighted by molar-refractivity contribution is -0.127. The lowest BCUT2D eigenvalue weighted by Gasteiger charge is -2.35. The first kappa shape index (κ1) is 13.7. The smallest absolute Gasteiger partial charge is 0.165 e. The van der Waals surface area contributed by atoms with Crippen LogP contribution in [-0.2, 0) is 15.0 Å². The highest BCUT2D eigenvalue weighted by Crippen LogP contribution is 2.40. The van der Waals surface area contributed by atoms with E-state index in [1.807, 2.05) is 0 Å². The van der Waals surface area contributed by atoms with Crippen LogP contribution in [0.1, 0.15) is 38.2 Å². The van der Waals surface area contributed by atoms with E-state index in [2.05, 4.69) is 0 Å². The molecule has 0 N–H and O–H groups in total. The number of ketones is 2. The predicted molar refractivity (Wildman–Crippen MR) is 68.8 cm³/mol. The zero-order chi connectivity index (χ0) is 14.0. The van der Waals surface area contributed by atoms with Gasteiger partial charge in [-0.1, -0.05) is 6.07 Å². The summed E-state index contributed by atoms with van der Waals surface area (Å²) in [5.41, 5.74) is -0.0769. The number of carbonyl (C=O) groups is 2. The molecule has 0 radical (unpaired) electrons. The lowest BCUT2D eigenvalue weighted by atomic mass is 9.67. The maximum atomic E-state index is 13.8. The molecule has 1 aliphatic carbocycles. The first-order valence-corrected chi connectivity index (χ1v) is 6.36. The van der Waals surface area contributed by atoms with Gasteiger partial charge in [-0.3, -0.25) is 9.59 Å². The Morgan fingerprint density at radius 2 is 1.95 bits per heavy atom. The minimum Gasteiger partial charge on any atom is -0.494 e. The van der Waals surface area contributed by atoms with Crippen molar-refractivity contribution in [3.05, 3.63) is 29.6 Å². The maximum absolute atomic E-state index is 13.8. The minimum atomic E-state index is -0.721. The predicted octanol–water partition coefficient (Wildman–Crippen LogP) is 2.80. The van der Waals surface area contributed by atoms with Crippen molar-refractivity contribution in [1.29, 1.82) is 0 Å². The van der Waals surface area contributed by atoms with Crippen molar-refractivity contribution in [2.45, 2.75) is 38.0 Å². The molecule has 0 saturated heterocycles. The van der Waals surface area contributed by atoms with Crippen molar-refractivity contribution >= 4 is 11.6 Å². The molecule has 1 saturated carbocycles. The van der Waals surface area contributed by atoms with Crippen LogP contribution >= 0.6 is 0 Å². The van der Waals surface area contributed by atoms with Gasteiger partial charge in [-0.2, -0.15) is 0 Å². The van der Waals surface area contributed by atoms with Gasteiger partial charge in [-0.05, 0) is 37.5 Å². The fourth-order valence-corrected chi connectivity index (χ4v) is 2.76. The standard InChI is InChI=1S/C15H17FO3/c1-10(17)15(7-5-12(18)6-8-15)11-3-4-14(19-2)13(16)9-11/h3-4,9H,5-8H2,1-2H3. The second-order valence-electron chi connectivity index (χ2n) is 5.03. The van der Waals surface area contributed by atoms with Crippen LogP contribution in [0.4, 0.5) is 4.39 Å². The summed E-state index contributed by atoms with van der Waals surface area (Å²) in [6.07, 6.45) is 1.69. The van der Waals surface area contributed by atoms with E-state index in [0.717, 1.165) is 0 Å². The van der Waals surface area contributed by atoms with Crippen LogP contribution in [0.5, 0.6) is 5.75 Å². The monoisotopic (exact) mass is 264 g/mol. The van der Waals surface area contributed by atoms with Crippen LogP contribution in [0, 0.1) is 5.82 Å². The van der Waals surface area contributed by atoms with Crippen LogP contribution in [-0.4, -0.2) is 18.7 Å². The summed E-state index contributed by atoms with van der Waals surface area (Å²) in [5.74, 6) is -0.151. The number of halogens is 1. The van der Waals surface area contributed by atoms with E-state index in [4.69, 9.17) is 4.74 Å². The number of hydrogen-bond donors (Lipinski definition) is 0. The third kappa shape index (κ3) is 2.39. The minimum absolute atomic E-state index is 0.00966. The molecule has 4 heteroatoms. The van der Waals surface area contributed by atoms with Gasteiger partial charge in [0.25, 0.3) is 0 Å². The molecule has 0 unspecified atom stereocenters. The Morgan fingerprint density at radius 1 is 1.32 bits per heavy atom. The summed E-state index contributed by atoms with van der Waals surface area (Å²) in [4.78, 5) is 23.4. The van der Waals surface area contributed by atoms with Gasteiger partial charge in [0.1, 0.15) is 11.6 Å². The van der Waals surface area contributed by atoms with Crippen molar-refractivity contribution in [2.75, 3.05) is 7.11 Å². The van der Waals surface area contributed by atoms with Crippen LogP contribution < -0.4 is 4.74 Å². The quantitative estimate of drug-likeness (QED) is 0.843. The maximum Gasteiger partial charge on any atom is 0.165 e. The molecule has 0 bridgehead atoms. The Morgan fingerprint density at radius 3 is 2.42 bits per heavy atom. The number of rotatable bonds is 3. The number of benzene rings is 1. The highest BCUT2D eigenvalue weighted by Gasteiger charge is 2.40.